The number of carbonyl (C=O) groups is 1. The SMILES string of the molecule is NNN[C@@H](Cc1ccccc1)C(=O)O. The number of nitrogens with one attached hydrogen (secondary N) is 2. The molecule has 14 heavy (non-hydrogen) atoms. The molecular weight excluding hydrogens is 182 g/mol. The van der Waals surface area contributed by atoms with E-state index in [1.165, 1.54) is 0 Å². The lowest BCUT2D eigenvalue weighted by Crippen LogP contribution is -2.49. The van der Waals surface area contributed by atoms with Gasteiger partial charge in [0.25, 0.3) is 0 Å². The molecule has 0 saturated carbocycles. The van der Waals surface area contributed by atoms with E-state index in [0.29, 0.717) is 6.42 Å². The predicted octanol–water partition coefficient (Wildman–Crippen LogP) is -0.350. The first-order valence-electron chi connectivity index (χ1n) is 4.22. The van der Waals surface area contributed by atoms with Crippen LogP contribution in [0.4, 0.5) is 0 Å². The minimum absolute atomic E-state index is 0.389. The number of hydrogen-bond acceptors (Lipinski definition) is 4. The van der Waals surface area contributed by atoms with Crippen molar-refractivity contribution in [1.29, 1.82) is 0 Å². The van der Waals surface area contributed by atoms with Gasteiger partial charge >= 0.3 is 5.97 Å². The maximum Gasteiger partial charge on any atom is 0.322 e. The fourth-order valence-corrected chi connectivity index (χ4v) is 1.15. The van der Waals surface area contributed by atoms with Gasteiger partial charge in [-0.15, -0.1) is 0 Å². The van der Waals surface area contributed by atoms with Gasteiger partial charge in [-0.25, -0.2) is 5.43 Å². The summed E-state index contributed by atoms with van der Waals surface area (Å²) in [4.78, 5) is 10.7. The molecule has 0 unspecified atom stereocenters. The van der Waals surface area contributed by atoms with Gasteiger partial charge in [-0.3, -0.25) is 10.6 Å². The molecule has 0 heterocycles. The summed E-state index contributed by atoms with van der Waals surface area (Å²) in [5.74, 6) is 4.06. The summed E-state index contributed by atoms with van der Waals surface area (Å²) in [6.45, 7) is 0. The molecule has 5 nitrogen and oxygen atoms in total. The predicted molar refractivity (Wildman–Crippen MR) is 52.0 cm³/mol. The summed E-state index contributed by atoms with van der Waals surface area (Å²) >= 11 is 0. The molecule has 0 aliphatic carbocycles. The van der Waals surface area contributed by atoms with Crippen LogP contribution >= 0.6 is 0 Å². The van der Waals surface area contributed by atoms with Crippen molar-refractivity contribution in [2.24, 2.45) is 5.84 Å². The zero-order valence-electron chi connectivity index (χ0n) is 7.60. The fraction of sp³-hybridized carbons (Fsp3) is 0.222. The van der Waals surface area contributed by atoms with Crippen LogP contribution in [0.1, 0.15) is 5.56 Å². The number of rotatable bonds is 5. The molecule has 1 aromatic carbocycles. The average Bonchev–Trinajstić information content (AvgIpc) is 2.18. The largest absolute Gasteiger partial charge is 0.480 e. The van der Waals surface area contributed by atoms with Gasteiger partial charge in [0.05, 0.1) is 0 Å². The smallest absolute Gasteiger partial charge is 0.322 e. The van der Waals surface area contributed by atoms with Gasteiger partial charge in [-0.05, 0) is 12.0 Å². The Morgan fingerprint density at radius 1 is 1.43 bits per heavy atom. The Balaban J connectivity index is 2.60. The zero-order valence-corrected chi connectivity index (χ0v) is 7.60. The van der Waals surface area contributed by atoms with Crippen LogP contribution in [-0.4, -0.2) is 17.1 Å². The molecule has 0 fully saturated rings. The summed E-state index contributed by atoms with van der Waals surface area (Å²) in [5.41, 5.74) is 5.54. The van der Waals surface area contributed by atoms with Crippen LogP contribution in [0.15, 0.2) is 30.3 Å². The highest BCUT2D eigenvalue weighted by Gasteiger charge is 2.16. The molecule has 5 heteroatoms. The lowest BCUT2D eigenvalue weighted by Gasteiger charge is -2.12. The molecule has 1 atom stereocenters. The molecule has 0 saturated heterocycles. The Bertz CT molecular complexity index is 289. The Morgan fingerprint density at radius 2 is 2.07 bits per heavy atom. The maximum atomic E-state index is 10.7. The van der Waals surface area contributed by atoms with Gasteiger partial charge in [0.15, 0.2) is 0 Å². The van der Waals surface area contributed by atoms with Crippen LogP contribution in [0.2, 0.25) is 0 Å². The first kappa shape index (κ1) is 10.6. The van der Waals surface area contributed by atoms with E-state index in [9.17, 15) is 4.79 Å². The Morgan fingerprint density at radius 3 is 2.57 bits per heavy atom. The first-order valence-corrected chi connectivity index (χ1v) is 4.22. The third-order valence-electron chi connectivity index (χ3n) is 1.84. The highest BCUT2D eigenvalue weighted by molar-refractivity contribution is 5.73. The second-order valence-corrected chi connectivity index (χ2v) is 2.87. The maximum absolute atomic E-state index is 10.7. The van der Waals surface area contributed by atoms with E-state index < -0.39 is 12.0 Å². The van der Waals surface area contributed by atoms with E-state index in [2.05, 4.69) is 11.0 Å². The minimum atomic E-state index is -0.938. The summed E-state index contributed by atoms with van der Waals surface area (Å²) in [6.07, 6.45) is 0.389. The summed E-state index contributed by atoms with van der Waals surface area (Å²) < 4.78 is 0. The van der Waals surface area contributed by atoms with Crippen LogP contribution in [-0.2, 0) is 11.2 Å². The Hall–Kier alpha value is -1.43. The molecular formula is C9H13N3O2. The van der Waals surface area contributed by atoms with Gasteiger partial charge in [0.1, 0.15) is 6.04 Å². The Labute approximate surface area is 81.9 Å². The second kappa shape index (κ2) is 5.33. The summed E-state index contributed by atoms with van der Waals surface area (Å²) in [5, 5.41) is 8.81. The number of benzene rings is 1. The van der Waals surface area contributed by atoms with Crippen LogP contribution in [0, 0.1) is 0 Å². The van der Waals surface area contributed by atoms with Gasteiger partial charge in [-0.2, -0.15) is 5.53 Å². The van der Waals surface area contributed by atoms with E-state index in [0.717, 1.165) is 5.56 Å². The van der Waals surface area contributed by atoms with E-state index in [-0.39, 0.29) is 0 Å². The van der Waals surface area contributed by atoms with Crippen molar-refractivity contribution in [3.05, 3.63) is 35.9 Å². The topological polar surface area (TPSA) is 87.4 Å². The highest BCUT2D eigenvalue weighted by atomic mass is 16.4. The number of carboxylic acid groups (broad SMARTS) is 1. The quantitative estimate of drug-likeness (QED) is 0.381. The standard InChI is InChI=1S/C9H13N3O2/c10-12-11-8(9(13)14)6-7-4-2-1-3-5-7/h1-5,8,11-12H,6,10H2,(H,13,14)/t8-/m0/s1. The van der Waals surface area contributed by atoms with Crippen molar-refractivity contribution in [2.75, 3.05) is 0 Å². The molecule has 5 N–H and O–H groups in total. The molecule has 1 aromatic rings. The molecule has 0 spiro atoms. The Kier molecular flexibility index (Phi) is 4.06. The third kappa shape index (κ3) is 3.14. The molecule has 0 bridgehead atoms. The number of aliphatic carboxylic acids is 1. The molecule has 0 radical (unpaired) electrons. The number of nitrogens with two attached hydrogens (primary N) is 1. The van der Waals surface area contributed by atoms with Crippen molar-refractivity contribution in [1.82, 2.24) is 11.0 Å². The summed E-state index contributed by atoms with van der Waals surface area (Å²) in [7, 11) is 0. The molecule has 0 aliphatic heterocycles. The van der Waals surface area contributed by atoms with Crippen molar-refractivity contribution < 1.29 is 9.90 Å². The van der Waals surface area contributed by atoms with Crippen molar-refractivity contribution in [3.8, 4) is 0 Å². The molecule has 0 aromatic heterocycles. The second-order valence-electron chi connectivity index (χ2n) is 2.87. The lowest BCUT2D eigenvalue weighted by atomic mass is 10.1. The normalized spacial score (nSPS) is 12.4. The lowest BCUT2D eigenvalue weighted by molar-refractivity contribution is -0.139. The first-order chi connectivity index (χ1) is 6.74. The summed E-state index contributed by atoms with van der Waals surface area (Å²) in [6, 6.07) is 8.63. The van der Waals surface area contributed by atoms with Crippen LogP contribution in [0.25, 0.3) is 0 Å². The van der Waals surface area contributed by atoms with E-state index in [1.54, 1.807) is 0 Å². The van der Waals surface area contributed by atoms with Crippen LogP contribution < -0.4 is 16.8 Å². The average molecular weight is 195 g/mol. The molecule has 0 aliphatic rings. The van der Waals surface area contributed by atoms with E-state index in [1.807, 2.05) is 30.3 Å². The minimum Gasteiger partial charge on any atom is -0.480 e. The number of carboxylic acids is 1. The third-order valence-corrected chi connectivity index (χ3v) is 1.84. The highest BCUT2D eigenvalue weighted by Crippen LogP contribution is 2.02. The van der Waals surface area contributed by atoms with Crippen molar-refractivity contribution >= 4 is 5.97 Å². The van der Waals surface area contributed by atoms with Gasteiger partial charge in [0.2, 0.25) is 0 Å². The van der Waals surface area contributed by atoms with E-state index in [4.69, 9.17) is 10.9 Å². The van der Waals surface area contributed by atoms with Gasteiger partial charge in [-0.1, -0.05) is 30.3 Å². The molecule has 0 amide bonds. The fourth-order valence-electron chi connectivity index (χ4n) is 1.15. The molecule has 76 valence electrons. The molecule has 1 rings (SSSR count). The van der Waals surface area contributed by atoms with E-state index >= 15 is 0 Å². The monoisotopic (exact) mass is 195 g/mol. The number of hydrazine groups is 2. The van der Waals surface area contributed by atoms with Crippen LogP contribution in [0.3, 0.4) is 0 Å². The van der Waals surface area contributed by atoms with Crippen LogP contribution in [0.5, 0.6) is 0 Å². The van der Waals surface area contributed by atoms with Crippen molar-refractivity contribution in [2.45, 2.75) is 12.5 Å². The van der Waals surface area contributed by atoms with Gasteiger partial charge < -0.3 is 5.11 Å². The zero-order chi connectivity index (χ0) is 10.4. The van der Waals surface area contributed by atoms with Crippen molar-refractivity contribution in [3.63, 3.8) is 0 Å². The van der Waals surface area contributed by atoms with Gasteiger partial charge in [0, 0.05) is 0 Å². The number of hydrogen-bond donors (Lipinski definition) is 4.